The molecule has 1 aliphatic heterocycles. The number of hydrogen-bond donors (Lipinski definition) is 0. The highest BCUT2D eigenvalue weighted by atomic mass is 79.9. The van der Waals surface area contributed by atoms with Crippen LogP contribution in [0.15, 0.2) is 177 Å². The predicted molar refractivity (Wildman–Crippen MR) is 334 cm³/mol. The second-order valence-corrected chi connectivity index (χ2v) is 27.9. The van der Waals surface area contributed by atoms with E-state index in [9.17, 15) is 0 Å². The number of rotatable bonds is 2. The summed E-state index contributed by atoms with van der Waals surface area (Å²) in [5.41, 5.74) is 11.8. The summed E-state index contributed by atoms with van der Waals surface area (Å²) in [5, 5.41) is 19.5. The van der Waals surface area contributed by atoms with Crippen LogP contribution in [0.25, 0.3) is 129 Å². The van der Waals surface area contributed by atoms with Gasteiger partial charge < -0.3 is 9.47 Å². The van der Waals surface area contributed by atoms with E-state index in [1.807, 2.05) is 0 Å². The number of halogens is 2. The Balaban J connectivity index is 1.03. The number of fused-ring (bicyclic) bond motifs is 12. The van der Waals surface area contributed by atoms with E-state index in [4.69, 9.17) is 9.47 Å². The third kappa shape index (κ3) is 7.27. The molecule has 2 aromatic heterocycles. The number of benzene rings is 12. The Labute approximate surface area is 466 Å². The van der Waals surface area contributed by atoms with Gasteiger partial charge in [0.1, 0.15) is 24.7 Å². The molecular formula is C70H50Br2O2S2. The molecule has 1 aliphatic rings. The summed E-state index contributed by atoms with van der Waals surface area (Å²) in [6.45, 7) is 14.5. The molecule has 368 valence electrons. The average molecular weight is 1150 g/mol. The maximum atomic E-state index is 7.59. The first-order valence-corrected chi connectivity index (χ1v) is 29.3. The van der Waals surface area contributed by atoms with Crippen LogP contribution in [-0.2, 0) is 24.0 Å². The minimum absolute atomic E-state index is 0.00420. The zero-order chi connectivity index (χ0) is 51.5. The first-order chi connectivity index (χ1) is 36.7. The van der Waals surface area contributed by atoms with Gasteiger partial charge in [0.25, 0.3) is 0 Å². The fraction of sp³-hybridized carbons (Fsp3) is 0.143. The molecule has 12 aromatic carbocycles. The van der Waals surface area contributed by atoms with Crippen LogP contribution in [0.5, 0.6) is 11.5 Å². The van der Waals surface area contributed by atoms with E-state index in [2.05, 4.69) is 243 Å². The SMILES string of the molecule is CC(C)(C)c1cc2ccc3cc4c(c5ccc(c1)c2c35)-c1c(cc2ccc3cc(C(C)(C)C)cc5ccc1c2c35)OCc1ccc2cc(-c3ccc(Br)s3)ccc2c1-c1c(ccc2cc(-c3ccc(Br)s3)ccc12)CO4. The topological polar surface area (TPSA) is 18.5 Å². The molecule has 2 nitrogen and oxygen atoms in total. The monoisotopic (exact) mass is 1140 g/mol. The maximum absolute atomic E-state index is 7.59. The second-order valence-electron chi connectivity index (χ2n) is 23.0. The van der Waals surface area contributed by atoms with E-state index >= 15 is 0 Å². The molecule has 6 heteroatoms. The largest absolute Gasteiger partial charge is 0.488 e. The molecule has 0 unspecified atom stereocenters. The Morgan fingerprint density at radius 2 is 0.697 bits per heavy atom. The van der Waals surface area contributed by atoms with Crippen LogP contribution in [0.1, 0.15) is 63.8 Å². The minimum Gasteiger partial charge on any atom is -0.488 e. The normalized spacial score (nSPS) is 13.4. The van der Waals surface area contributed by atoms with Crippen molar-refractivity contribution in [3.05, 3.63) is 200 Å². The number of thiophene rings is 2. The van der Waals surface area contributed by atoms with Crippen LogP contribution >= 0.6 is 54.5 Å². The average Bonchev–Trinajstić information content (AvgIpc) is 4.15. The first kappa shape index (κ1) is 46.5. The molecule has 0 amide bonds. The third-order valence-corrected chi connectivity index (χ3v) is 19.6. The van der Waals surface area contributed by atoms with Gasteiger partial charge in [-0.2, -0.15) is 0 Å². The molecule has 0 atom stereocenters. The van der Waals surface area contributed by atoms with Crippen LogP contribution in [-0.4, -0.2) is 0 Å². The molecule has 0 saturated heterocycles. The van der Waals surface area contributed by atoms with E-state index < -0.39 is 0 Å². The Hall–Kier alpha value is -6.80. The lowest BCUT2D eigenvalue weighted by atomic mass is 9.81. The molecular weight excluding hydrogens is 1100 g/mol. The van der Waals surface area contributed by atoms with Crippen molar-refractivity contribution >= 4 is 141 Å². The molecule has 15 rings (SSSR count). The molecule has 3 heterocycles. The fourth-order valence-electron chi connectivity index (χ4n) is 12.5. The van der Waals surface area contributed by atoms with Gasteiger partial charge in [-0.1, -0.05) is 163 Å². The summed E-state index contributed by atoms with van der Waals surface area (Å²) in [4.78, 5) is 2.46. The molecule has 0 bridgehead atoms. The lowest BCUT2D eigenvalue weighted by molar-refractivity contribution is 0.303. The van der Waals surface area contributed by atoms with Crippen LogP contribution in [0, 0.1) is 0 Å². The minimum atomic E-state index is 0.00420. The summed E-state index contributed by atoms with van der Waals surface area (Å²) in [5.74, 6) is 1.68. The zero-order valence-corrected chi connectivity index (χ0v) is 47.8. The zero-order valence-electron chi connectivity index (χ0n) is 43.0. The van der Waals surface area contributed by atoms with Gasteiger partial charge in [-0.3, -0.25) is 0 Å². The molecule has 0 N–H and O–H groups in total. The van der Waals surface area contributed by atoms with Crippen molar-refractivity contribution in [2.24, 2.45) is 0 Å². The van der Waals surface area contributed by atoms with Crippen LogP contribution in [0.3, 0.4) is 0 Å². The van der Waals surface area contributed by atoms with Crippen LogP contribution < -0.4 is 9.47 Å². The summed E-state index contributed by atoms with van der Waals surface area (Å²) in [7, 11) is 0. The van der Waals surface area contributed by atoms with Gasteiger partial charge >= 0.3 is 0 Å². The van der Waals surface area contributed by atoms with Gasteiger partial charge in [-0.05, 0) is 222 Å². The van der Waals surface area contributed by atoms with Crippen molar-refractivity contribution < 1.29 is 9.47 Å². The highest BCUT2D eigenvalue weighted by molar-refractivity contribution is 9.11. The van der Waals surface area contributed by atoms with E-state index in [1.165, 1.54) is 108 Å². The number of hydrogen-bond acceptors (Lipinski definition) is 4. The smallest absolute Gasteiger partial charge is 0.129 e. The van der Waals surface area contributed by atoms with Gasteiger partial charge in [0.15, 0.2) is 0 Å². The van der Waals surface area contributed by atoms with Crippen molar-refractivity contribution in [3.8, 4) is 54.6 Å². The van der Waals surface area contributed by atoms with Crippen molar-refractivity contribution in [2.75, 3.05) is 0 Å². The Morgan fingerprint density at radius 1 is 0.342 bits per heavy atom. The Kier molecular flexibility index (Phi) is 10.3. The van der Waals surface area contributed by atoms with Gasteiger partial charge in [-0.15, -0.1) is 22.7 Å². The van der Waals surface area contributed by atoms with Gasteiger partial charge in [0.05, 0.1) is 7.57 Å². The highest BCUT2D eigenvalue weighted by Gasteiger charge is 2.28. The van der Waals surface area contributed by atoms with Gasteiger partial charge in [-0.25, -0.2) is 0 Å². The van der Waals surface area contributed by atoms with Crippen LogP contribution in [0.4, 0.5) is 0 Å². The van der Waals surface area contributed by atoms with E-state index in [0.29, 0.717) is 13.2 Å². The van der Waals surface area contributed by atoms with E-state index in [-0.39, 0.29) is 10.8 Å². The van der Waals surface area contributed by atoms with Crippen molar-refractivity contribution in [1.29, 1.82) is 0 Å². The molecule has 0 spiro atoms. The molecule has 0 aliphatic carbocycles. The molecule has 14 aromatic rings. The molecule has 0 fully saturated rings. The Bertz CT molecular complexity index is 4410. The lowest BCUT2D eigenvalue weighted by Crippen LogP contribution is -2.11. The summed E-state index contributed by atoms with van der Waals surface area (Å²) in [6, 6.07) is 64.7. The standard InChI is InChI=1S/C70H50Br2O2S2/c1-69(2,3)49-29-41-9-11-45-33-55-67(53-21-17-43(31-49)61(41)63(45)53)68-54-22-18-44-32-50(70(4,5)6)30-42-10-12-46(64(54)62(42)44)34-56(68)74-36-48-14-8-38-28-40(58-24-26-60(72)76-58)16-20-52(38)66(48)65-47(35-73-55)13-7-37-27-39(15-19-51(37)65)57-23-25-59(71)75-57/h7-34H,35-36H2,1-6H3. The van der Waals surface area contributed by atoms with Crippen molar-refractivity contribution in [3.63, 3.8) is 0 Å². The van der Waals surface area contributed by atoms with Crippen LogP contribution in [0.2, 0.25) is 0 Å². The molecule has 0 saturated carbocycles. The van der Waals surface area contributed by atoms with Crippen molar-refractivity contribution in [1.82, 2.24) is 0 Å². The lowest BCUT2D eigenvalue weighted by Gasteiger charge is -2.26. The molecule has 76 heavy (non-hydrogen) atoms. The quantitative estimate of drug-likeness (QED) is 0.161. The summed E-state index contributed by atoms with van der Waals surface area (Å²) < 4.78 is 17.4. The van der Waals surface area contributed by atoms with Crippen molar-refractivity contribution in [2.45, 2.75) is 65.6 Å². The van der Waals surface area contributed by atoms with Gasteiger partial charge in [0, 0.05) is 20.9 Å². The molecule has 0 radical (unpaired) electrons. The fourth-order valence-corrected chi connectivity index (χ4v) is 15.2. The van der Waals surface area contributed by atoms with E-state index in [0.717, 1.165) is 62.9 Å². The maximum Gasteiger partial charge on any atom is 0.129 e. The van der Waals surface area contributed by atoms with E-state index in [1.54, 1.807) is 22.7 Å². The van der Waals surface area contributed by atoms with Gasteiger partial charge in [0.2, 0.25) is 0 Å². The second kappa shape index (κ2) is 16.8. The Morgan fingerprint density at radius 3 is 1.07 bits per heavy atom. The summed E-state index contributed by atoms with van der Waals surface area (Å²) >= 11 is 11.0. The predicted octanol–water partition coefficient (Wildman–Crippen LogP) is 22.2. The third-order valence-electron chi connectivity index (χ3n) is 16.3. The summed E-state index contributed by atoms with van der Waals surface area (Å²) in [6.07, 6.45) is 0. The first-order valence-electron chi connectivity index (χ1n) is 26.1. The highest BCUT2D eigenvalue weighted by Crippen LogP contribution is 2.54. The number of ether oxygens (including phenoxy) is 2.